The van der Waals surface area contributed by atoms with Gasteiger partial charge in [-0.15, -0.1) is 11.3 Å². The van der Waals surface area contributed by atoms with E-state index in [1.165, 1.54) is 23.5 Å². The van der Waals surface area contributed by atoms with Crippen molar-refractivity contribution in [2.24, 2.45) is 5.73 Å². The molecule has 1 aromatic heterocycles. The van der Waals surface area contributed by atoms with Crippen LogP contribution in [0.2, 0.25) is 0 Å². The number of thiazole rings is 1. The lowest BCUT2D eigenvalue weighted by Crippen LogP contribution is -2.19. The van der Waals surface area contributed by atoms with E-state index in [0.717, 1.165) is 16.8 Å². The zero-order chi connectivity index (χ0) is 14.0. The van der Waals surface area contributed by atoms with E-state index in [4.69, 9.17) is 5.73 Å². The molecule has 1 heterocycles. The summed E-state index contributed by atoms with van der Waals surface area (Å²) in [4.78, 5) is 4.23. The first-order chi connectivity index (χ1) is 8.88. The number of hydrogen-bond donors (Lipinski definition) is 1. The molecule has 2 aromatic rings. The fraction of sp³-hybridized carbons (Fsp3) is 0.308. The van der Waals surface area contributed by atoms with Gasteiger partial charge >= 0.3 is 6.18 Å². The zero-order valence-corrected chi connectivity index (χ0v) is 11.1. The third-order valence-corrected chi connectivity index (χ3v) is 3.72. The number of nitrogens with zero attached hydrogens (tertiary/aromatic N) is 1. The Balaban J connectivity index is 2.26. The van der Waals surface area contributed by atoms with E-state index in [1.54, 1.807) is 6.07 Å². The maximum absolute atomic E-state index is 12.9. The van der Waals surface area contributed by atoms with Gasteiger partial charge in [-0.05, 0) is 18.6 Å². The summed E-state index contributed by atoms with van der Waals surface area (Å²) in [5.74, 6) is 0. The van der Waals surface area contributed by atoms with Crippen molar-refractivity contribution in [3.63, 3.8) is 0 Å². The number of benzene rings is 1. The number of aryl methyl sites for hydroxylation is 1. The van der Waals surface area contributed by atoms with Crippen molar-refractivity contribution in [1.82, 2.24) is 4.98 Å². The van der Waals surface area contributed by atoms with E-state index < -0.39 is 17.8 Å². The molecule has 0 spiro atoms. The summed E-state index contributed by atoms with van der Waals surface area (Å²) in [5, 5.41) is 2.61. The molecule has 0 aliphatic carbocycles. The third-order valence-electron chi connectivity index (χ3n) is 2.73. The van der Waals surface area contributed by atoms with Crippen LogP contribution in [0.3, 0.4) is 0 Å². The maximum Gasteiger partial charge on any atom is 0.416 e. The largest absolute Gasteiger partial charge is 0.416 e. The van der Waals surface area contributed by atoms with Gasteiger partial charge in [0.15, 0.2) is 0 Å². The molecule has 0 aliphatic heterocycles. The highest BCUT2D eigenvalue weighted by Crippen LogP contribution is 2.34. The molecule has 1 aromatic carbocycles. The second-order valence-corrected chi connectivity index (χ2v) is 5.22. The van der Waals surface area contributed by atoms with E-state index >= 15 is 0 Å². The number of hydrogen-bond acceptors (Lipinski definition) is 3. The quantitative estimate of drug-likeness (QED) is 0.934. The van der Waals surface area contributed by atoms with E-state index in [0.29, 0.717) is 6.42 Å². The van der Waals surface area contributed by atoms with Crippen LogP contribution < -0.4 is 5.73 Å². The molecule has 1 atom stereocenters. The predicted molar refractivity (Wildman–Crippen MR) is 68.9 cm³/mol. The lowest BCUT2D eigenvalue weighted by molar-refractivity contribution is -0.138. The standard InChI is InChI=1S/C13H13F3N2S/c1-8-7-19-12(18-8)6-11(17)9-4-2-3-5-10(9)13(14,15)16/h2-5,7,11H,6,17H2,1H3. The van der Waals surface area contributed by atoms with Crippen molar-refractivity contribution in [3.05, 3.63) is 51.5 Å². The molecule has 0 fully saturated rings. The molecule has 2 N–H and O–H groups in total. The second kappa shape index (κ2) is 5.30. The van der Waals surface area contributed by atoms with Crippen LogP contribution in [0, 0.1) is 6.92 Å². The predicted octanol–water partition coefficient (Wildman–Crippen LogP) is 3.71. The molecule has 19 heavy (non-hydrogen) atoms. The van der Waals surface area contributed by atoms with Gasteiger partial charge < -0.3 is 5.73 Å². The topological polar surface area (TPSA) is 38.9 Å². The first-order valence-electron chi connectivity index (χ1n) is 5.70. The normalized spacial score (nSPS) is 13.5. The van der Waals surface area contributed by atoms with Crippen LogP contribution in [0.4, 0.5) is 13.2 Å². The van der Waals surface area contributed by atoms with Crippen LogP contribution in [-0.2, 0) is 12.6 Å². The molecule has 2 nitrogen and oxygen atoms in total. The number of alkyl halides is 3. The highest BCUT2D eigenvalue weighted by Gasteiger charge is 2.34. The van der Waals surface area contributed by atoms with Crippen LogP contribution >= 0.6 is 11.3 Å². The highest BCUT2D eigenvalue weighted by molar-refractivity contribution is 7.09. The summed E-state index contributed by atoms with van der Waals surface area (Å²) in [5.41, 5.74) is 6.20. The lowest BCUT2D eigenvalue weighted by Gasteiger charge is -2.17. The molecular weight excluding hydrogens is 273 g/mol. The first kappa shape index (κ1) is 14.0. The van der Waals surface area contributed by atoms with Crippen LogP contribution in [0.25, 0.3) is 0 Å². The fourth-order valence-electron chi connectivity index (χ4n) is 1.87. The molecule has 102 valence electrons. The lowest BCUT2D eigenvalue weighted by atomic mass is 9.98. The van der Waals surface area contributed by atoms with Crippen LogP contribution in [-0.4, -0.2) is 4.98 Å². The number of nitrogens with two attached hydrogens (primary N) is 1. The Morgan fingerprint density at radius 1 is 1.32 bits per heavy atom. The Bertz CT molecular complexity index is 563. The number of rotatable bonds is 3. The molecule has 6 heteroatoms. The Morgan fingerprint density at radius 2 is 2.00 bits per heavy atom. The van der Waals surface area contributed by atoms with Gasteiger partial charge in [-0.3, -0.25) is 0 Å². The van der Waals surface area contributed by atoms with Gasteiger partial charge in [-0.2, -0.15) is 13.2 Å². The Labute approximate surface area is 113 Å². The van der Waals surface area contributed by atoms with E-state index in [1.807, 2.05) is 12.3 Å². The average Bonchev–Trinajstić information content (AvgIpc) is 2.73. The molecule has 1 unspecified atom stereocenters. The van der Waals surface area contributed by atoms with Crippen LogP contribution in [0.5, 0.6) is 0 Å². The SMILES string of the molecule is Cc1csc(CC(N)c2ccccc2C(F)(F)F)n1. The van der Waals surface area contributed by atoms with E-state index in [9.17, 15) is 13.2 Å². The van der Waals surface area contributed by atoms with Gasteiger partial charge in [0.2, 0.25) is 0 Å². The summed E-state index contributed by atoms with van der Waals surface area (Å²) >= 11 is 1.41. The third kappa shape index (κ3) is 3.33. The van der Waals surface area contributed by atoms with Gasteiger partial charge in [-0.25, -0.2) is 4.98 Å². The van der Waals surface area contributed by atoms with Crippen LogP contribution in [0.15, 0.2) is 29.6 Å². The Morgan fingerprint density at radius 3 is 2.58 bits per heavy atom. The van der Waals surface area contributed by atoms with E-state index in [-0.39, 0.29) is 5.56 Å². The molecule has 0 saturated heterocycles. The van der Waals surface area contributed by atoms with Gasteiger partial charge in [0.25, 0.3) is 0 Å². The monoisotopic (exact) mass is 286 g/mol. The van der Waals surface area contributed by atoms with E-state index in [2.05, 4.69) is 4.98 Å². The minimum absolute atomic E-state index is 0.114. The molecule has 0 saturated carbocycles. The van der Waals surface area contributed by atoms with Gasteiger partial charge in [-0.1, -0.05) is 18.2 Å². The minimum Gasteiger partial charge on any atom is -0.324 e. The minimum atomic E-state index is -4.38. The molecular formula is C13H13F3N2S. The molecule has 0 radical (unpaired) electrons. The van der Waals surface area contributed by atoms with Gasteiger partial charge in [0.05, 0.1) is 10.6 Å². The fourth-order valence-corrected chi connectivity index (χ4v) is 2.70. The van der Waals surface area contributed by atoms with Gasteiger partial charge in [0, 0.05) is 23.5 Å². The summed E-state index contributed by atoms with van der Waals surface area (Å²) in [6.07, 6.45) is -4.07. The Kier molecular flexibility index (Phi) is 3.91. The smallest absolute Gasteiger partial charge is 0.324 e. The zero-order valence-electron chi connectivity index (χ0n) is 10.2. The van der Waals surface area contributed by atoms with Crippen molar-refractivity contribution in [1.29, 1.82) is 0 Å². The number of aromatic nitrogens is 1. The molecule has 2 rings (SSSR count). The second-order valence-electron chi connectivity index (χ2n) is 4.28. The Hall–Kier alpha value is -1.40. The van der Waals surface area contributed by atoms with Crippen molar-refractivity contribution in [3.8, 4) is 0 Å². The molecule has 0 amide bonds. The summed E-state index contributed by atoms with van der Waals surface area (Å²) in [7, 11) is 0. The summed E-state index contributed by atoms with van der Waals surface area (Å²) in [6, 6.07) is 4.71. The average molecular weight is 286 g/mol. The van der Waals surface area contributed by atoms with Gasteiger partial charge in [0.1, 0.15) is 0 Å². The van der Waals surface area contributed by atoms with Crippen molar-refractivity contribution in [2.45, 2.75) is 25.6 Å². The summed E-state index contributed by atoms with van der Waals surface area (Å²) in [6.45, 7) is 1.84. The van der Waals surface area contributed by atoms with Crippen molar-refractivity contribution < 1.29 is 13.2 Å². The van der Waals surface area contributed by atoms with Crippen molar-refractivity contribution >= 4 is 11.3 Å². The highest BCUT2D eigenvalue weighted by atomic mass is 32.1. The van der Waals surface area contributed by atoms with Crippen molar-refractivity contribution in [2.75, 3.05) is 0 Å². The maximum atomic E-state index is 12.9. The number of halogens is 3. The summed E-state index contributed by atoms with van der Waals surface area (Å²) < 4.78 is 38.6. The first-order valence-corrected chi connectivity index (χ1v) is 6.58. The van der Waals surface area contributed by atoms with Crippen LogP contribution in [0.1, 0.15) is 27.9 Å². The molecule has 0 aliphatic rings. The molecule has 0 bridgehead atoms.